The molecule has 1 N–H and O–H groups in total. The van der Waals surface area contributed by atoms with Gasteiger partial charge in [0.15, 0.2) is 0 Å². The van der Waals surface area contributed by atoms with E-state index >= 15 is 0 Å². The zero-order valence-electron chi connectivity index (χ0n) is 14.7. The number of nitrogens with one attached hydrogen (secondary N) is 1. The molecule has 2 heterocycles. The highest BCUT2D eigenvalue weighted by molar-refractivity contribution is 5.48. The summed E-state index contributed by atoms with van der Waals surface area (Å²) in [5, 5.41) is 3.72. The Morgan fingerprint density at radius 3 is 2.26 bits per heavy atom. The van der Waals surface area contributed by atoms with Crippen molar-refractivity contribution in [1.82, 2.24) is 9.80 Å². The third kappa shape index (κ3) is 4.93. The molecular formula is C19H31N3O. The number of anilines is 1. The number of hydrogen-bond acceptors (Lipinski definition) is 4. The molecule has 0 spiro atoms. The lowest BCUT2D eigenvalue weighted by molar-refractivity contribution is 0.0322. The first-order valence-electron chi connectivity index (χ1n) is 9.07. The summed E-state index contributed by atoms with van der Waals surface area (Å²) in [6, 6.07) is 7.33. The Morgan fingerprint density at radius 2 is 1.61 bits per heavy atom. The van der Waals surface area contributed by atoms with E-state index in [0.717, 1.165) is 26.3 Å². The first-order chi connectivity index (χ1) is 11.2. The fourth-order valence-corrected chi connectivity index (χ4v) is 3.48. The van der Waals surface area contributed by atoms with Crippen molar-refractivity contribution in [2.45, 2.75) is 32.7 Å². The Kier molecular flexibility index (Phi) is 5.92. The lowest BCUT2D eigenvalue weighted by atomic mass is 10.0. The number of rotatable bonds is 5. The van der Waals surface area contributed by atoms with Crippen LogP contribution in [0.5, 0.6) is 0 Å². The van der Waals surface area contributed by atoms with E-state index in [2.05, 4.69) is 47.2 Å². The van der Waals surface area contributed by atoms with E-state index < -0.39 is 0 Å². The largest absolute Gasteiger partial charge is 0.382 e. The molecule has 4 heteroatoms. The third-order valence-electron chi connectivity index (χ3n) is 5.30. The molecule has 3 rings (SSSR count). The zero-order valence-corrected chi connectivity index (χ0v) is 14.7. The van der Waals surface area contributed by atoms with E-state index in [9.17, 15) is 0 Å². The molecule has 0 bridgehead atoms. The minimum atomic E-state index is 0.622. The molecule has 2 aliphatic rings. The molecule has 23 heavy (non-hydrogen) atoms. The van der Waals surface area contributed by atoms with Gasteiger partial charge >= 0.3 is 0 Å². The maximum atomic E-state index is 5.41. The van der Waals surface area contributed by atoms with Crippen LogP contribution in [0.15, 0.2) is 18.2 Å². The predicted octanol–water partition coefficient (Wildman–Crippen LogP) is 2.51. The molecule has 0 aliphatic carbocycles. The highest BCUT2D eigenvalue weighted by Crippen LogP contribution is 2.19. The van der Waals surface area contributed by atoms with E-state index in [1.165, 1.54) is 55.8 Å². The standard InChI is InChI=1S/C19H31N3O/c1-16-3-4-19(15-17(16)2)20-18-5-7-21(8-6-18)9-10-22-11-13-23-14-12-22/h3-4,15,18,20H,5-14H2,1-2H3. The van der Waals surface area contributed by atoms with Crippen LogP contribution in [0.4, 0.5) is 5.69 Å². The Labute approximate surface area is 140 Å². The summed E-state index contributed by atoms with van der Waals surface area (Å²) in [5.41, 5.74) is 4.02. The smallest absolute Gasteiger partial charge is 0.0594 e. The number of benzene rings is 1. The van der Waals surface area contributed by atoms with Gasteiger partial charge in [-0.15, -0.1) is 0 Å². The van der Waals surface area contributed by atoms with Gasteiger partial charge in [0.25, 0.3) is 0 Å². The molecule has 0 aromatic heterocycles. The van der Waals surface area contributed by atoms with Gasteiger partial charge in [-0.3, -0.25) is 4.90 Å². The van der Waals surface area contributed by atoms with E-state index in [1.807, 2.05) is 0 Å². The van der Waals surface area contributed by atoms with Gasteiger partial charge in [0.2, 0.25) is 0 Å². The normalized spacial score (nSPS) is 21.5. The molecule has 2 fully saturated rings. The molecule has 0 radical (unpaired) electrons. The topological polar surface area (TPSA) is 27.7 Å². The Balaban J connectivity index is 1.38. The number of aryl methyl sites for hydroxylation is 2. The Bertz CT molecular complexity index is 491. The van der Waals surface area contributed by atoms with Gasteiger partial charge in [0.1, 0.15) is 0 Å². The average molecular weight is 317 g/mol. The minimum Gasteiger partial charge on any atom is -0.382 e. The summed E-state index contributed by atoms with van der Waals surface area (Å²) in [6.07, 6.45) is 2.49. The van der Waals surface area contributed by atoms with E-state index in [1.54, 1.807) is 0 Å². The minimum absolute atomic E-state index is 0.622. The second kappa shape index (κ2) is 8.13. The Hall–Kier alpha value is -1.10. The quantitative estimate of drug-likeness (QED) is 0.903. The fourth-order valence-electron chi connectivity index (χ4n) is 3.48. The highest BCUT2D eigenvalue weighted by Gasteiger charge is 2.20. The van der Waals surface area contributed by atoms with Crippen molar-refractivity contribution in [3.8, 4) is 0 Å². The predicted molar refractivity (Wildman–Crippen MR) is 96.3 cm³/mol. The first kappa shape index (κ1) is 16.7. The molecule has 0 unspecified atom stereocenters. The van der Waals surface area contributed by atoms with Crippen molar-refractivity contribution >= 4 is 5.69 Å². The second-order valence-electron chi connectivity index (χ2n) is 7.01. The molecule has 1 aromatic carbocycles. The third-order valence-corrected chi connectivity index (χ3v) is 5.30. The zero-order chi connectivity index (χ0) is 16.1. The summed E-state index contributed by atoms with van der Waals surface area (Å²) in [5.74, 6) is 0. The molecule has 0 amide bonds. The lowest BCUT2D eigenvalue weighted by Gasteiger charge is -2.35. The van der Waals surface area contributed by atoms with Crippen molar-refractivity contribution in [1.29, 1.82) is 0 Å². The van der Waals surface area contributed by atoms with Gasteiger partial charge < -0.3 is 15.0 Å². The van der Waals surface area contributed by atoms with Crippen molar-refractivity contribution in [2.24, 2.45) is 0 Å². The van der Waals surface area contributed by atoms with Crippen LogP contribution in [0, 0.1) is 13.8 Å². The first-order valence-corrected chi connectivity index (χ1v) is 9.07. The summed E-state index contributed by atoms with van der Waals surface area (Å²) < 4.78 is 5.41. The summed E-state index contributed by atoms with van der Waals surface area (Å²) in [4.78, 5) is 5.15. The van der Waals surface area contributed by atoms with Gasteiger partial charge in [-0.25, -0.2) is 0 Å². The summed E-state index contributed by atoms with van der Waals surface area (Å²) in [7, 11) is 0. The van der Waals surface area contributed by atoms with Crippen LogP contribution in [0.25, 0.3) is 0 Å². The van der Waals surface area contributed by atoms with Crippen molar-refractivity contribution in [3.63, 3.8) is 0 Å². The molecule has 4 nitrogen and oxygen atoms in total. The second-order valence-corrected chi connectivity index (χ2v) is 7.01. The number of likely N-dealkylation sites (tertiary alicyclic amines) is 1. The molecule has 0 saturated carbocycles. The SMILES string of the molecule is Cc1ccc(NC2CCN(CCN3CCOCC3)CC2)cc1C. The molecule has 0 atom stereocenters. The van der Waals surface area contributed by atoms with E-state index in [-0.39, 0.29) is 0 Å². The fraction of sp³-hybridized carbons (Fsp3) is 0.684. The number of hydrogen-bond donors (Lipinski definition) is 1. The summed E-state index contributed by atoms with van der Waals surface area (Å²) >= 11 is 0. The lowest BCUT2D eigenvalue weighted by Crippen LogP contribution is -2.45. The average Bonchev–Trinajstić information content (AvgIpc) is 2.58. The molecule has 2 saturated heterocycles. The van der Waals surface area contributed by atoms with Gasteiger partial charge in [0.05, 0.1) is 13.2 Å². The van der Waals surface area contributed by atoms with Crippen LogP contribution in [0.1, 0.15) is 24.0 Å². The van der Waals surface area contributed by atoms with Gasteiger partial charge in [-0.2, -0.15) is 0 Å². The molecule has 2 aliphatic heterocycles. The van der Waals surface area contributed by atoms with E-state index in [0.29, 0.717) is 6.04 Å². The maximum absolute atomic E-state index is 5.41. The number of ether oxygens (including phenoxy) is 1. The molecule has 1 aromatic rings. The van der Waals surface area contributed by atoms with Crippen LogP contribution in [-0.4, -0.2) is 68.3 Å². The van der Waals surface area contributed by atoms with E-state index in [4.69, 9.17) is 4.74 Å². The molecular weight excluding hydrogens is 286 g/mol. The maximum Gasteiger partial charge on any atom is 0.0594 e. The van der Waals surface area contributed by atoms with Gasteiger partial charge in [0, 0.05) is 51.0 Å². The van der Waals surface area contributed by atoms with Crippen LogP contribution >= 0.6 is 0 Å². The van der Waals surface area contributed by atoms with Gasteiger partial charge in [-0.1, -0.05) is 6.07 Å². The van der Waals surface area contributed by atoms with Crippen molar-refractivity contribution < 1.29 is 4.74 Å². The number of nitrogens with zero attached hydrogens (tertiary/aromatic N) is 2. The summed E-state index contributed by atoms with van der Waals surface area (Å²) in [6.45, 7) is 13.2. The van der Waals surface area contributed by atoms with Crippen LogP contribution in [-0.2, 0) is 4.74 Å². The number of piperidine rings is 1. The number of morpholine rings is 1. The van der Waals surface area contributed by atoms with Gasteiger partial charge in [-0.05, 0) is 49.9 Å². The van der Waals surface area contributed by atoms with Crippen LogP contribution < -0.4 is 5.32 Å². The van der Waals surface area contributed by atoms with Crippen molar-refractivity contribution in [2.75, 3.05) is 57.8 Å². The molecule has 128 valence electrons. The Morgan fingerprint density at radius 1 is 0.957 bits per heavy atom. The van der Waals surface area contributed by atoms with Crippen molar-refractivity contribution in [3.05, 3.63) is 29.3 Å². The monoisotopic (exact) mass is 317 g/mol. The highest BCUT2D eigenvalue weighted by atomic mass is 16.5. The van der Waals surface area contributed by atoms with Crippen LogP contribution in [0.2, 0.25) is 0 Å². The van der Waals surface area contributed by atoms with Crippen LogP contribution in [0.3, 0.4) is 0 Å².